The highest BCUT2D eigenvalue weighted by Gasteiger charge is 2.39. The van der Waals surface area contributed by atoms with E-state index in [0.717, 1.165) is 19.3 Å². The van der Waals surface area contributed by atoms with Crippen LogP contribution in [0, 0.1) is 11.3 Å². The second-order valence-corrected chi connectivity index (χ2v) is 21.1. The van der Waals surface area contributed by atoms with Crippen LogP contribution in [0.5, 0.6) is 0 Å². The molecule has 1 unspecified atom stereocenters. The van der Waals surface area contributed by atoms with Crippen molar-refractivity contribution >= 4 is 5.91 Å². The lowest BCUT2D eigenvalue weighted by Crippen LogP contribution is -2.57. The van der Waals surface area contributed by atoms with Gasteiger partial charge in [-0.05, 0) is 64.7 Å². The van der Waals surface area contributed by atoms with E-state index in [4.69, 9.17) is 19.3 Å². The van der Waals surface area contributed by atoms with E-state index < -0.39 is 6.10 Å². The minimum absolute atomic E-state index is 0.0182. The third-order valence-corrected chi connectivity index (χ3v) is 13.3. The summed E-state index contributed by atoms with van der Waals surface area (Å²) >= 11 is 0. The Morgan fingerprint density at radius 2 is 0.841 bits per heavy atom. The number of carbonyl (C=O) groups excluding carboxylic acids is 1. The van der Waals surface area contributed by atoms with E-state index >= 15 is 0 Å². The van der Waals surface area contributed by atoms with Crippen molar-refractivity contribution in [2.45, 2.75) is 319 Å². The van der Waals surface area contributed by atoms with Gasteiger partial charge in [0.15, 0.2) is 6.10 Å². The molecule has 6 heteroatoms. The molecule has 6 nitrogen and oxygen atoms in total. The molecule has 0 aliphatic rings. The maximum atomic E-state index is 13.6. The monoisotopic (exact) mass is 898 g/mol. The highest BCUT2D eigenvalue weighted by Crippen LogP contribution is 2.37. The van der Waals surface area contributed by atoms with Crippen LogP contribution in [-0.2, 0) is 19.0 Å². The SMILES string of the molecule is CC.CCCCCCCCCCCCCCCCCCOCC(OCCCCCCCCCCCCCCCCCC)C(=O)NC(C)(C)C(C)(C)CC(C)C.COC(C)(C)CCO. The van der Waals surface area contributed by atoms with Gasteiger partial charge in [-0.1, -0.05) is 248 Å². The first-order chi connectivity index (χ1) is 30.2. The van der Waals surface area contributed by atoms with Gasteiger partial charge in [0.05, 0.1) is 12.2 Å². The van der Waals surface area contributed by atoms with Gasteiger partial charge in [-0.2, -0.15) is 0 Å². The largest absolute Gasteiger partial charge is 0.396 e. The molecular weight excluding hydrogens is 779 g/mol. The van der Waals surface area contributed by atoms with Crippen LogP contribution in [0.2, 0.25) is 0 Å². The van der Waals surface area contributed by atoms with Gasteiger partial charge in [0.25, 0.3) is 5.91 Å². The lowest BCUT2D eigenvalue weighted by molar-refractivity contribution is -0.140. The molecule has 0 saturated carbocycles. The fraction of sp³-hybridized carbons (Fsp3) is 0.982. The van der Waals surface area contributed by atoms with Crippen LogP contribution in [0.4, 0.5) is 0 Å². The van der Waals surface area contributed by atoms with Crippen molar-refractivity contribution in [2.75, 3.05) is 33.5 Å². The molecule has 0 aromatic rings. The molecule has 0 bridgehead atoms. The molecule has 0 heterocycles. The van der Waals surface area contributed by atoms with Gasteiger partial charge in [0.2, 0.25) is 0 Å². The van der Waals surface area contributed by atoms with E-state index in [1.54, 1.807) is 7.11 Å². The topological polar surface area (TPSA) is 77.0 Å². The maximum absolute atomic E-state index is 13.6. The lowest BCUT2D eigenvalue weighted by Gasteiger charge is -2.44. The minimum atomic E-state index is -0.540. The van der Waals surface area contributed by atoms with Crippen LogP contribution >= 0.6 is 0 Å². The number of rotatable bonds is 45. The smallest absolute Gasteiger partial charge is 0.251 e. The summed E-state index contributed by atoms with van der Waals surface area (Å²) in [5.41, 5.74) is -0.517. The number of ether oxygens (including phenoxy) is 3. The quantitative estimate of drug-likeness (QED) is 0.0596. The molecule has 2 N–H and O–H groups in total. The molecular formula is C57H119NO5. The summed E-state index contributed by atoms with van der Waals surface area (Å²) in [5, 5.41) is 11.8. The molecule has 0 spiro atoms. The highest BCUT2D eigenvalue weighted by molar-refractivity contribution is 5.81. The Bertz CT molecular complexity index is 903. The molecule has 0 aromatic carbocycles. The summed E-state index contributed by atoms with van der Waals surface area (Å²) < 4.78 is 17.4. The third-order valence-electron chi connectivity index (χ3n) is 13.3. The molecule has 0 saturated heterocycles. The highest BCUT2D eigenvalue weighted by atomic mass is 16.5. The molecule has 0 aliphatic carbocycles. The first kappa shape index (κ1) is 66.6. The van der Waals surface area contributed by atoms with Crippen molar-refractivity contribution in [2.24, 2.45) is 11.3 Å². The van der Waals surface area contributed by atoms with Gasteiger partial charge in [-0.15, -0.1) is 0 Å². The zero-order valence-corrected chi connectivity index (χ0v) is 45.6. The lowest BCUT2D eigenvalue weighted by atomic mass is 9.69. The first-order valence-corrected chi connectivity index (χ1v) is 27.9. The zero-order chi connectivity index (χ0) is 47.9. The fourth-order valence-corrected chi connectivity index (χ4v) is 8.22. The van der Waals surface area contributed by atoms with E-state index in [0.29, 0.717) is 32.2 Å². The van der Waals surface area contributed by atoms with E-state index in [1.807, 2.05) is 27.7 Å². The van der Waals surface area contributed by atoms with Crippen LogP contribution in [0.25, 0.3) is 0 Å². The molecule has 0 rings (SSSR count). The Balaban J connectivity index is -0.00000321. The summed E-state index contributed by atoms with van der Waals surface area (Å²) in [4.78, 5) is 13.6. The van der Waals surface area contributed by atoms with E-state index in [1.165, 1.54) is 193 Å². The van der Waals surface area contributed by atoms with Gasteiger partial charge >= 0.3 is 0 Å². The van der Waals surface area contributed by atoms with Crippen molar-refractivity contribution in [3.63, 3.8) is 0 Å². The van der Waals surface area contributed by atoms with E-state index in [-0.39, 0.29) is 29.1 Å². The molecule has 0 radical (unpaired) electrons. The van der Waals surface area contributed by atoms with Gasteiger partial charge in [0.1, 0.15) is 0 Å². The van der Waals surface area contributed by atoms with Crippen molar-refractivity contribution in [3.8, 4) is 0 Å². The predicted octanol–water partition coefficient (Wildman–Crippen LogP) is 17.7. The van der Waals surface area contributed by atoms with Gasteiger partial charge < -0.3 is 24.6 Å². The number of amides is 1. The summed E-state index contributed by atoms with van der Waals surface area (Å²) in [5.74, 6) is 0.557. The molecule has 382 valence electrons. The Kier molecular flexibility index (Phi) is 50.5. The van der Waals surface area contributed by atoms with Crippen molar-refractivity contribution in [3.05, 3.63) is 0 Å². The number of hydrogen-bond donors (Lipinski definition) is 2. The normalized spacial score (nSPS) is 12.5. The van der Waals surface area contributed by atoms with Crippen LogP contribution in [0.1, 0.15) is 301 Å². The average molecular weight is 899 g/mol. The summed E-state index contributed by atoms with van der Waals surface area (Å²) in [7, 11) is 1.65. The van der Waals surface area contributed by atoms with Crippen molar-refractivity contribution < 1.29 is 24.1 Å². The van der Waals surface area contributed by atoms with Crippen molar-refractivity contribution in [1.82, 2.24) is 5.32 Å². The van der Waals surface area contributed by atoms with Crippen LogP contribution in [-0.4, -0.2) is 61.8 Å². The third kappa shape index (κ3) is 46.2. The second-order valence-electron chi connectivity index (χ2n) is 21.1. The molecule has 0 aromatic heterocycles. The van der Waals surface area contributed by atoms with Crippen LogP contribution < -0.4 is 5.32 Å². The minimum Gasteiger partial charge on any atom is -0.396 e. The van der Waals surface area contributed by atoms with E-state index in [2.05, 4.69) is 60.7 Å². The number of methoxy groups -OCH3 is 1. The van der Waals surface area contributed by atoms with Crippen LogP contribution in [0.3, 0.4) is 0 Å². The zero-order valence-electron chi connectivity index (χ0n) is 45.6. The summed E-state index contributed by atoms with van der Waals surface area (Å²) in [6, 6.07) is 0. The molecule has 1 amide bonds. The standard InChI is InChI=1S/C49H99NO3.C6H14O2.C2H6/c1-9-11-13-15-17-19-21-23-25-27-29-31-33-35-37-39-41-52-44-46(47(51)50-49(7,8)48(5,6)43-45(3)4)53-42-40-38-36-34-32-30-28-26-24-22-20-18-16-14-12-10-2;1-6(2,8-3)4-5-7;1-2/h45-46H,9-44H2,1-8H3,(H,50,51);7H,4-5H2,1-3H3;1-2H3. The number of nitrogens with one attached hydrogen (secondary N) is 1. The molecule has 63 heavy (non-hydrogen) atoms. The van der Waals surface area contributed by atoms with Crippen LogP contribution in [0.15, 0.2) is 0 Å². The predicted molar refractivity (Wildman–Crippen MR) is 279 cm³/mol. The van der Waals surface area contributed by atoms with E-state index in [9.17, 15) is 4.79 Å². The Morgan fingerprint density at radius 3 is 1.13 bits per heavy atom. The molecule has 0 fully saturated rings. The number of carbonyl (C=O) groups is 1. The first-order valence-electron chi connectivity index (χ1n) is 27.9. The van der Waals surface area contributed by atoms with Gasteiger partial charge in [-0.3, -0.25) is 4.79 Å². The van der Waals surface area contributed by atoms with Gasteiger partial charge in [-0.25, -0.2) is 0 Å². The van der Waals surface area contributed by atoms with Gasteiger partial charge in [0, 0.05) is 32.5 Å². The van der Waals surface area contributed by atoms with Crippen molar-refractivity contribution in [1.29, 1.82) is 0 Å². The number of aliphatic hydroxyl groups is 1. The summed E-state index contributed by atoms with van der Waals surface area (Å²) in [6.07, 6.45) is 44.8. The number of hydrogen-bond acceptors (Lipinski definition) is 5. The summed E-state index contributed by atoms with van der Waals surface area (Å²) in [6.45, 7) is 27.8. The molecule has 0 aliphatic heterocycles. The average Bonchev–Trinajstić information content (AvgIpc) is 3.23. The Labute approximate surface area is 397 Å². The Hall–Kier alpha value is -0.690. The fourth-order valence-electron chi connectivity index (χ4n) is 8.22. The Morgan fingerprint density at radius 1 is 0.524 bits per heavy atom. The maximum Gasteiger partial charge on any atom is 0.251 e. The number of unbranched alkanes of at least 4 members (excludes halogenated alkanes) is 30. The number of aliphatic hydroxyl groups excluding tert-OH is 1. The second kappa shape index (κ2) is 47.8. The molecule has 1 atom stereocenters.